The van der Waals surface area contributed by atoms with E-state index in [1.807, 2.05) is 6.92 Å². The Morgan fingerprint density at radius 2 is 1.86 bits per heavy atom. The van der Waals surface area contributed by atoms with Crippen molar-refractivity contribution in [1.29, 1.82) is 0 Å². The van der Waals surface area contributed by atoms with Gasteiger partial charge in [0.15, 0.2) is 11.5 Å². The van der Waals surface area contributed by atoms with E-state index in [9.17, 15) is 14.7 Å². The van der Waals surface area contributed by atoms with Crippen LogP contribution in [0.1, 0.15) is 29.8 Å². The maximum absolute atomic E-state index is 12.8. The number of nitrogens with zero attached hydrogens (tertiary/aromatic N) is 1. The quantitative estimate of drug-likeness (QED) is 0.277. The van der Waals surface area contributed by atoms with Crippen molar-refractivity contribution in [2.75, 3.05) is 19.8 Å². The van der Waals surface area contributed by atoms with Gasteiger partial charge in [0.05, 0.1) is 33.7 Å². The molecule has 0 fully saturated rings. The second kappa shape index (κ2) is 12.7. The van der Waals surface area contributed by atoms with E-state index in [-0.39, 0.29) is 50.1 Å². The predicted octanol–water partition coefficient (Wildman–Crippen LogP) is 6.66. The molecule has 0 saturated heterocycles. The third-order valence-electron chi connectivity index (χ3n) is 4.65. The van der Waals surface area contributed by atoms with Gasteiger partial charge >= 0.3 is 5.97 Å². The molecule has 3 rings (SSSR count). The van der Waals surface area contributed by atoms with Gasteiger partial charge in [0.25, 0.3) is 5.91 Å². The summed E-state index contributed by atoms with van der Waals surface area (Å²) in [5, 5.41) is 11.4. The van der Waals surface area contributed by atoms with E-state index in [0.29, 0.717) is 23.7 Å². The van der Waals surface area contributed by atoms with Crippen LogP contribution in [0.2, 0.25) is 10.0 Å². The number of benzene rings is 2. The molecule has 0 atom stereocenters. The highest BCUT2D eigenvalue weighted by Crippen LogP contribution is 2.42. The molecule has 0 bridgehead atoms. The third-order valence-corrected chi connectivity index (χ3v) is 6.28. The van der Waals surface area contributed by atoms with E-state index in [2.05, 4.69) is 11.6 Å². The lowest BCUT2D eigenvalue weighted by Crippen LogP contribution is -2.14. The molecule has 1 heterocycles. The van der Waals surface area contributed by atoms with Crippen LogP contribution in [0.5, 0.6) is 11.5 Å². The maximum Gasteiger partial charge on any atom is 0.344 e. The second-order valence-electron chi connectivity index (χ2n) is 7.12. The zero-order valence-electron chi connectivity index (χ0n) is 19.5. The number of hydrogen-bond donors (Lipinski definition) is 1. The fourth-order valence-electron chi connectivity index (χ4n) is 3.15. The molecule has 0 aromatic heterocycles. The summed E-state index contributed by atoms with van der Waals surface area (Å²) in [5.74, 6) is -1.08. The van der Waals surface area contributed by atoms with Gasteiger partial charge in [-0.05, 0) is 49.8 Å². The Morgan fingerprint density at radius 3 is 2.53 bits per heavy atom. The fourth-order valence-corrected chi connectivity index (χ4v) is 4.65. The summed E-state index contributed by atoms with van der Waals surface area (Å²) in [7, 11) is 0. The van der Waals surface area contributed by atoms with Gasteiger partial charge in [0.2, 0.25) is 0 Å². The number of rotatable bonds is 9. The van der Waals surface area contributed by atoms with Crippen molar-refractivity contribution in [3.05, 3.63) is 86.5 Å². The Morgan fingerprint density at radius 1 is 1.11 bits per heavy atom. The van der Waals surface area contributed by atoms with Crippen LogP contribution in [0.25, 0.3) is 6.08 Å². The Bertz CT molecular complexity index is 1290. The zero-order chi connectivity index (χ0) is 26.2. The van der Waals surface area contributed by atoms with E-state index in [0.717, 1.165) is 11.8 Å². The van der Waals surface area contributed by atoms with Crippen LogP contribution < -0.4 is 9.47 Å². The first-order valence-corrected chi connectivity index (χ1v) is 12.5. The highest BCUT2D eigenvalue weighted by atomic mass is 35.5. The average Bonchev–Trinajstić information content (AvgIpc) is 3.13. The van der Waals surface area contributed by atoms with E-state index in [1.165, 1.54) is 6.07 Å². The van der Waals surface area contributed by atoms with Crippen LogP contribution in [-0.2, 0) is 9.53 Å². The van der Waals surface area contributed by atoms with Gasteiger partial charge in [-0.1, -0.05) is 59.8 Å². The number of carbonyl (C=O) groups is 2. The number of ether oxygens (including phenoxy) is 3. The van der Waals surface area contributed by atoms with E-state index < -0.39 is 11.9 Å². The van der Waals surface area contributed by atoms with Gasteiger partial charge in [-0.2, -0.15) is 0 Å². The molecule has 10 heteroatoms. The van der Waals surface area contributed by atoms with Crippen molar-refractivity contribution >= 4 is 58.0 Å². The van der Waals surface area contributed by atoms with Gasteiger partial charge < -0.3 is 19.3 Å². The van der Waals surface area contributed by atoms with E-state index in [1.54, 1.807) is 49.4 Å². The number of aliphatic hydroxyl groups is 1. The molecule has 0 unspecified atom stereocenters. The van der Waals surface area contributed by atoms with Crippen molar-refractivity contribution < 1.29 is 28.9 Å². The van der Waals surface area contributed by atoms with Crippen molar-refractivity contribution in [3.63, 3.8) is 0 Å². The van der Waals surface area contributed by atoms with Gasteiger partial charge in [0, 0.05) is 0 Å². The fraction of sp³-hybridized carbons (Fsp3) is 0.192. The Balaban J connectivity index is 2.05. The Labute approximate surface area is 223 Å². The molecule has 1 aliphatic heterocycles. The molecule has 1 N–H and O–H groups in total. The van der Waals surface area contributed by atoms with Crippen LogP contribution in [0, 0.1) is 0 Å². The molecule has 188 valence electrons. The molecule has 0 aliphatic carbocycles. The zero-order valence-corrected chi connectivity index (χ0v) is 21.9. The van der Waals surface area contributed by atoms with Gasteiger partial charge in [-0.15, -0.1) is 0 Å². The first kappa shape index (κ1) is 27.4. The van der Waals surface area contributed by atoms with Crippen LogP contribution in [0.4, 0.5) is 0 Å². The van der Waals surface area contributed by atoms with Gasteiger partial charge in [0.1, 0.15) is 23.0 Å². The molecular formula is C26H23Cl2NO6S. The molecule has 1 amide bonds. The summed E-state index contributed by atoms with van der Waals surface area (Å²) in [6.07, 6.45) is 3.18. The smallest absolute Gasteiger partial charge is 0.344 e. The number of carbonyl (C=O) groups excluding carboxylic acids is 2. The number of esters is 1. The van der Waals surface area contributed by atoms with E-state index in [4.69, 9.17) is 37.4 Å². The lowest BCUT2D eigenvalue weighted by Gasteiger charge is -2.13. The van der Waals surface area contributed by atoms with Gasteiger partial charge in [-0.3, -0.25) is 4.79 Å². The molecule has 2 aromatic carbocycles. The minimum Gasteiger partial charge on any atom is -0.506 e. The Kier molecular flexibility index (Phi) is 9.64. The summed E-state index contributed by atoms with van der Waals surface area (Å²) >= 11 is 13.5. The number of aliphatic imine (C=N–C) groups is 1. The molecule has 1 aliphatic rings. The normalized spacial score (nSPS) is 15.3. The Hall–Kier alpha value is -3.20. The van der Waals surface area contributed by atoms with Crippen LogP contribution >= 0.6 is 35.0 Å². The minimum absolute atomic E-state index is 0.0100. The van der Waals surface area contributed by atoms with Gasteiger partial charge in [-0.25, -0.2) is 9.79 Å². The molecule has 7 nitrogen and oxygen atoms in total. The van der Waals surface area contributed by atoms with Crippen LogP contribution in [-0.4, -0.2) is 41.8 Å². The number of hydrogen-bond acceptors (Lipinski definition) is 7. The first-order valence-electron chi connectivity index (χ1n) is 10.9. The second-order valence-corrected chi connectivity index (χ2v) is 8.96. The molecule has 0 spiro atoms. The third kappa shape index (κ3) is 6.32. The van der Waals surface area contributed by atoms with Crippen LogP contribution in [0.3, 0.4) is 0 Å². The van der Waals surface area contributed by atoms with Crippen molar-refractivity contribution in [1.82, 2.24) is 0 Å². The maximum atomic E-state index is 12.8. The van der Waals surface area contributed by atoms with Crippen molar-refractivity contribution in [3.8, 4) is 11.5 Å². The standard InChI is InChI=1S/C26H23Cl2NO6S/c1-4-11-35-23-18(28)12-15(13-19(23)33-5-2)14-20-22(30)21(26(32)34-6-3)25(36-20)29-24(31)16-9-7-8-10-17(16)27/h4,7-10,12-14,30H,1,5-6,11H2,2-3H3/b20-14-,29-25?. The lowest BCUT2D eigenvalue weighted by molar-refractivity contribution is -0.138. The highest BCUT2D eigenvalue weighted by molar-refractivity contribution is 8.18. The molecule has 0 saturated carbocycles. The monoisotopic (exact) mass is 547 g/mol. The number of halogens is 2. The molecule has 0 radical (unpaired) electrons. The van der Waals surface area contributed by atoms with E-state index >= 15 is 0 Å². The summed E-state index contributed by atoms with van der Waals surface area (Å²) in [6, 6.07) is 9.71. The predicted molar refractivity (Wildman–Crippen MR) is 143 cm³/mol. The number of amides is 1. The summed E-state index contributed by atoms with van der Waals surface area (Å²) in [6.45, 7) is 7.76. The minimum atomic E-state index is -0.808. The van der Waals surface area contributed by atoms with Crippen LogP contribution in [0.15, 0.2) is 70.3 Å². The number of aliphatic hydroxyl groups excluding tert-OH is 1. The summed E-state index contributed by atoms with van der Waals surface area (Å²) < 4.78 is 16.4. The summed E-state index contributed by atoms with van der Waals surface area (Å²) in [4.78, 5) is 29.7. The lowest BCUT2D eigenvalue weighted by atomic mass is 10.1. The molecule has 2 aromatic rings. The summed E-state index contributed by atoms with van der Waals surface area (Å²) in [5.41, 5.74) is 0.511. The number of thioether (sulfide) groups is 1. The SMILES string of the molecule is C=CCOc1c(Cl)cc(/C=C2\SC(=NC(=O)c3ccccc3Cl)C(C(=O)OCC)=C2O)cc1OCC. The first-order chi connectivity index (χ1) is 17.3. The van der Waals surface area contributed by atoms with Crippen molar-refractivity contribution in [2.45, 2.75) is 13.8 Å². The molecule has 36 heavy (non-hydrogen) atoms. The largest absolute Gasteiger partial charge is 0.506 e. The average molecular weight is 548 g/mol. The van der Waals surface area contributed by atoms with Crippen molar-refractivity contribution in [2.24, 2.45) is 4.99 Å². The highest BCUT2D eigenvalue weighted by Gasteiger charge is 2.34. The molecular weight excluding hydrogens is 525 g/mol. The topological polar surface area (TPSA) is 94.4 Å².